The summed E-state index contributed by atoms with van der Waals surface area (Å²) >= 11 is 17.7. The van der Waals surface area contributed by atoms with Crippen molar-refractivity contribution in [3.05, 3.63) is 68.7 Å². The lowest BCUT2D eigenvalue weighted by molar-refractivity contribution is 0.687. The lowest BCUT2D eigenvalue weighted by Gasteiger charge is -2.06. The Labute approximate surface area is 128 Å². The Morgan fingerprint density at radius 2 is 1.37 bits per heavy atom. The highest BCUT2D eigenvalue weighted by atomic mass is 35.5. The third kappa shape index (κ3) is 5.04. The Hall–Kier alpha value is -0.730. The maximum absolute atomic E-state index is 5.95. The Balaban J connectivity index is 1.79. The lowest BCUT2D eigenvalue weighted by atomic mass is 10.1. The minimum Gasteiger partial charge on any atom is -0.312 e. The Kier molecular flexibility index (Phi) is 5.53. The molecule has 0 saturated carbocycles. The molecular weight excluding hydrogens is 301 g/mol. The molecule has 0 aliphatic heterocycles. The second-order valence-corrected chi connectivity index (χ2v) is 5.64. The van der Waals surface area contributed by atoms with Crippen LogP contribution in [0.4, 0.5) is 0 Å². The van der Waals surface area contributed by atoms with E-state index in [1.165, 1.54) is 5.56 Å². The van der Waals surface area contributed by atoms with Gasteiger partial charge in [0.05, 0.1) is 0 Å². The number of hydrogen-bond donors (Lipinski definition) is 1. The lowest BCUT2D eigenvalue weighted by Crippen LogP contribution is -2.16. The number of halogens is 3. The first kappa shape index (κ1) is 14.7. The largest absolute Gasteiger partial charge is 0.312 e. The summed E-state index contributed by atoms with van der Waals surface area (Å²) in [6, 6.07) is 13.5. The van der Waals surface area contributed by atoms with Gasteiger partial charge in [-0.1, -0.05) is 46.9 Å². The average Bonchev–Trinajstić information content (AvgIpc) is 2.36. The number of hydrogen-bond acceptors (Lipinski definition) is 1. The highest BCUT2D eigenvalue weighted by molar-refractivity contribution is 6.34. The maximum atomic E-state index is 5.95. The quantitative estimate of drug-likeness (QED) is 0.768. The molecule has 2 aromatic rings. The van der Waals surface area contributed by atoms with Crippen molar-refractivity contribution in [2.24, 2.45) is 0 Å². The van der Waals surface area contributed by atoms with Crippen molar-refractivity contribution in [2.75, 3.05) is 6.54 Å². The molecule has 0 amide bonds. The fraction of sp³-hybridized carbons (Fsp3) is 0.200. The van der Waals surface area contributed by atoms with Crippen LogP contribution in [0.3, 0.4) is 0 Å². The number of rotatable bonds is 5. The fourth-order valence-electron chi connectivity index (χ4n) is 1.83. The minimum absolute atomic E-state index is 0.669. The van der Waals surface area contributed by atoms with Gasteiger partial charge in [0, 0.05) is 21.6 Å². The van der Waals surface area contributed by atoms with Gasteiger partial charge < -0.3 is 5.32 Å². The molecule has 0 atom stereocenters. The van der Waals surface area contributed by atoms with Crippen LogP contribution in [0, 0.1) is 0 Å². The van der Waals surface area contributed by atoms with Crippen LogP contribution in [0.15, 0.2) is 42.5 Å². The molecule has 0 aliphatic carbocycles. The SMILES string of the molecule is Clc1ccc(CCNCc2cc(Cl)cc(Cl)c2)cc1. The van der Waals surface area contributed by atoms with Crippen molar-refractivity contribution in [2.45, 2.75) is 13.0 Å². The van der Waals surface area contributed by atoms with Crippen LogP contribution >= 0.6 is 34.8 Å². The molecule has 0 aliphatic rings. The number of benzene rings is 2. The molecule has 0 radical (unpaired) electrons. The van der Waals surface area contributed by atoms with E-state index < -0.39 is 0 Å². The number of nitrogens with one attached hydrogen (secondary N) is 1. The maximum Gasteiger partial charge on any atom is 0.0424 e. The summed E-state index contributed by atoms with van der Waals surface area (Å²) in [5.41, 5.74) is 2.36. The molecule has 0 fully saturated rings. The van der Waals surface area contributed by atoms with Crippen LogP contribution in [0.25, 0.3) is 0 Å². The van der Waals surface area contributed by atoms with Gasteiger partial charge in [-0.25, -0.2) is 0 Å². The van der Waals surface area contributed by atoms with Crippen molar-refractivity contribution >= 4 is 34.8 Å². The molecule has 1 N–H and O–H groups in total. The van der Waals surface area contributed by atoms with Gasteiger partial charge in [-0.05, 0) is 54.4 Å². The summed E-state index contributed by atoms with van der Waals surface area (Å²) in [5.74, 6) is 0. The average molecular weight is 315 g/mol. The Bertz CT molecular complexity index is 517. The summed E-state index contributed by atoms with van der Waals surface area (Å²) in [4.78, 5) is 0. The first-order chi connectivity index (χ1) is 9.13. The van der Waals surface area contributed by atoms with E-state index >= 15 is 0 Å². The van der Waals surface area contributed by atoms with E-state index in [0.717, 1.165) is 30.1 Å². The third-order valence-electron chi connectivity index (χ3n) is 2.76. The first-order valence-corrected chi connectivity index (χ1v) is 7.17. The smallest absolute Gasteiger partial charge is 0.0424 e. The van der Waals surface area contributed by atoms with Crippen molar-refractivity contribution in [3.8, 4) is 0 Å². The third-order valence-corrected chi connectivity index (χ3v) is 3.44. The van der Waals surface area contributed by atoms with Gasteiger partial charge in [-0.3, -0.25) is 0 Å². The van der Waals surface area contributed by atoms with E-state index in [9.17, 15) is 0 Å². The van der Waals surface area contributed by atoms with Gasteiger partial charge in [-0.15, -0.1) is 0 Å². The zero-order valence-electron chi connectivity index (χ0n) is 10.3. The van der Waals surface area contributed by atoms with Crippen molar-refractivity contribution < 1.29 is 0 Å². The highest BCUT2D eigenvalue weighted by Gasteiger charge is 1.98. The molecule has 19 heavy (non-hydrogen) atoms. The zero-order chi connectivity index (χ0) is 13.7. The van der Waals surface area contributed by atoms with Crippen LogP contribution in [0.1, 0.15) is 11.1 Å². The predicted molar refractivity (Wildman–Crippen MR) is 83.3 cm³/mol. The monoisotopic (exact) mass is 313 g/mol. The van der Waals surface area contributed by atoms with Gasteiger partial charge in [0.2, 0.25) is 0 Å². The molecule has 0 saturated heterocycles. The highest BCUT2D eigenvalue weighted by Crippen LogP contribution is 2.18. The Morgan fingerprint density at radius 3 is 2.00 bits per heavy atom. The standard InChI is InChI=1S/C15H14Cl3N/c16-13-3-1-11(2-4-13)5-6-19-10-12-7-14(17)9-15(18)8-12/h1-4,7-9,19H,5-6,10H2. The molecule has 0 spiro atoms. The van der Waals surface area contributed by atoms with Gasteiger partial charge in [-0.2, -0.15) is 0 Å². The summed E-state index contributed by atoms with van der Waals surface area (Å²) in [7, 11) is 0. The fourth-order valence-corrected chi connectivity index (χ4v) is 2.53. The van der Waals surface area contributed by atoms with Crippen LogP contribution < -0.4 is 5.32 Å². The van der Waals surface area contributed by atoms with Crippen LogP contribution in [-0.4, -0.2) is 6.54 Å². The van der Waals surface area contributed by atoms with Crippen molar-refractivity contribution in [1.29, 1.82) is 0 Å². The van der Waals surface area contributed by atoms with Gasteiger partial charge in [0.15, 0.2) is 0 Å². The zero-order valence-corrected chi connectivity index (χ0v) is 12.6. The van der Waals surface area contributed by atoms with Crippen LogP contribution in [-0.2, 0) is 13.0 Å². The van der Waals surface area contributed by atoms with E-state index in [0.29, 0.717) is 10.0 Å². The van der Waals surface area contributed by atoms with Crippen LogP contribution in [0.2, 0.25) is 15.1 Å². The van der Waals surface area contributed by atoms with Gasteiger partial charge in [0.1, 0.15) is 0 Å². The van der Waals surface area contributed by atoms with Gasteiger partial charge >= 0.3 is 0 Å². The second kappa shape index (κ2) is 7.16. The molecular formula is C15H14Cl3N. The molecule has 0 heterocycles. The van der Waals surface area contributed by atoms with Gasteiger partial charge in [0.25, 0.3) is 0 Å². The topological polar surface area (TPSA) is 12.0 Å². The molecule has 2 rings (SSSR count). The summed E-state index contributed by atoms with van der Waals surface area (Å²) in [6.45, 7) is 1.65. The molecule has 2 aromatic carbocycles. The van der Waals surface area contributed by atoms with E-state index in [1.807, 2.05) is 36.4 Å². The Morgan fingerprint density at radius 1 is 0.737 bits per heavy atom. The molecule has 0 bridgehead atoms. The van der Waals surface area contributed by atoms with Crippen molar-refractivity contribution in [1.82, 2.24) is 5.32 Å². The summed E-state index contributed by atoms with van der Waals surface area (Å²) < 4.78 is 0. The molecule has 0 unspecified atom stereocenters. The summed E-state index contributed by atoms with van der Waals surface area (Å²) in [5, 5.41) is 5.47. The predicted octanol–water partition coefficient (Wildman–Crippen LogP) is 4.98. The van der Waals surface area contributed by atoms with Crippen LogP contribution in [0.5, 0.6) is 0 Å². The molecule has 4 heteroatoms. The van der Waals surface area contributed by atoms with E-state index in [-0.39, 0.29) is 0 Å². The first-order valence-electron chi connectivity index (χ1n) is 6.03. The molecule has 1 nitrogen and oxygen atoms in total. The summed E-state index contributed by atoms with van der Waals surface area (Å²) in [6.07, 6.45) is 0.964. The molecule has 100 valence electrons. The van der Waals surface area contributed by atoms with E-state index in [2.05, 4.69) is 5.32 Å². The van der Waals surface area contributed by atoms with Crippen molar-refractivity contribution in [3.63, 3.8) is 0 Å². The van der Waals surface area contributed by atoms with E-state index in [4.69, 9.17) is 34.8 Å². The second-order valence-electron chi connectivity index (χ2n) is 4.33. The molecule has 0 aromatic heterocycles. The van der Waals surface area contributed by atoms with E-state index in [1.54, 1.807) is 6.07 Å². The normalized spacial score (nSPS) is 10.7. The minimum atomic E-state index is 0.669.